The summed E-state index contributed by atoms with van der Waals surface area (Å²) in [5.41, 5.74) is 3.14. The Hall–Kier alpha value is -2.96. The van der Waals surface area contributed by atoms with E-state index in [1.807, 2.05) is 32.2 Å². The Morgan fingerprint density at radius 1 is 1.03 bits per heavy atom. The molecule has 7 nitrogen and oxygen atoms in total. The molecular weight excluding hydrogens is 390 g/mol. The Kier molecular flexibility index (Phi) is 6.49. The van der Waals surface area contributed by atoms with E-state index in [1.165, 1.54) is 25.7 Å². The predicted molar refractivity (Wildman–Crippen MR) is 121 cm³/mol. The summed E-state index contributed by atoms with van der Waals surface area (Å²) in [6, 6.07) is 6.37. The standard InChI is InChI=1S/C24H31N5O2/c1-17-14-18(2)16-20(15-17)28-12-13-29-21(26-27-23(29)24(28)31)10-7-11-22(30)25-19-8-5-3-4-6-9-19/h12-16,19H,3-11H2,1-2H3,(H,25,30). The quantitative estimate of drug-likeness (QED) is 0.616. The summed E-state index contributed by atoms with van der Waals surface area (Å²) in [5.74, 6) is 0.819. The summed E-state index contributed by atoms with van der Waals surface area (Å²) in [4.78, 5) is 25.3. The molecule has 0 aliphatic heterocycles. The number of aromatic nitrogens is 4. The van der Waals surface area contributed by atoms with Crippen LogP contribution in [0.4, 0.5) is 0 Å². The van der Waals surface area contributed by atoms with Crippen molar-refractivity contribution in [1.29, 1.82) is 0 Å². The van der Waals surface area contributed by atoms with E-state index < -0.39 is 0 Å². The Balaban J connectivity index is 1.42. The van der Waals surface area contributed by atoms with Gasteiger partial charge >= 0.3 is 5.56 Å². The van der Waals surface area contributed by atoms with Gasteiger partial charge in [-0.25, -0.2) is 0 Å². The molecule has 0 radical (unpaired) electrons. The van der Waals surface area contributed by atoms with Crippen LogP contribution < -0.4 is 10.9 Å². The van der Waals surface area contributed by atoms with Crippen molar-refractivity contribution in [3.05, 3.63) is 57.9 Å². The molecule has 2 heterocycles. The number of fused-ring (bicyclic) bond motifs is 1. The number of rotatable bonds is 6. The van der Waals surface area contributed by atoms with Gasteiger partial charge in [0.1, 0.15) is 5.82 Å². The lowest BCUT2D eigenvalue weighted by Gasteiger charge is -2.16. The van der Waals surface area contributed by atoms with Gasteiger partial charge in [-0.3, -0.25) is 18.6 Å². The molecule has 0 atom stereocenters. The first-order valence-corrected chi connectivity index (χ1v) is 11.3. The number of nitrogens with zero attached hydrogens (tertiary/aromatic N) is 4. The number of aryl methyl sites for hydroxylation is 3. The second kappa shape index (κ2) is 9.45. The van der Waals surface area contributed by atoms with Gasteiger partial charge in [-0.1, -0.05) is 31.7 Å². The van der Waals surface area contributed by atoms with Crippen molar-refractivity contribution >= 4 is 11.6 Å². The molecule has 3 aromatic rings. The fraction of sp³-hybridized carbons (Fsp3) is 0.500. The van der Waals surface area contributed by atoms with Crippen molar-refractivity contribution < 1.29 is 4.79 Å². The number of hydrogen-bond acceptors (Lipinski definition) is 4. The first-order chi connectivity index (χ1) is 15.0. The monoisotopic (exact) mass is 421 g/mol. The van der Waals surface area contributed by atoms with Gasteiger partial charge < -0.3 is 5.32 Å². The molecule has 0 spiro atoms. The Labute approximate surface area is 182 Å². The van der Waals surface area contributed by atoms with Crippen LogP contribution in [-0.2, 0) is 11.2 Å². The van der Waals surface area contributed by atoms with Crippen LogP contribution >= 0.6 is 0 Å². The van der Waals surface area contributed by atoms with Gasteiger partial charge in [0.15, 0.2) is 0 Å². The molecule has 1 amide bonds. The Bertz CT molecular complexity index is 1100. The highest BCUT2D eigenvalue weighted by atomic mass is 16.1. The zero-order valence-electron chi connectivity index (χ0n) is 18.4. The van der Waals surface area contributed by atoms with Crippen LogP contribution in [0, 0.1) is 13.8 Å². The molecule has 1 N–H and O–H groups in total. The summed E-state index contributed by atoms with van der Waals surface area (Å²) in [5, 5.41) is 11.5. The van der Waals surface area contributed by atoms with Crippen molar-refractivity contribution in [2.45, 2.75) is 77.7 Å². The molecule has 31 heavy (non-hydrogen) atoms. The molecule has 1 aromatic carbocycles. The van der Waals surface area contributed by atoms with Crippen LogP contribution in [0.3, 0.4) is 0 Å². The van der Waals surface area contributed by atoms with Gasteiger partial charge in [-0.05, 0) is 56.4 Å². The first-order valence-electron chi connectivity index (χ1n) is 11.3. The fourth-order valence-electron chi connectivity index (χ4n) is 4.53. The van der Waals surface area contributed by atoms with E-state index in [0.717, 1.165) is 29.7 Å². The molecule has 0 unspecified atom stereocenters. The summed E-state index contributed by atoms with van der Waals surface area (Å²) in [6.07, 6.45) is 12.5. The maximum Gasteiger partial charge on any atom is 0.300 e. The lowest BCUT2D eigenvalue weighted by atomic mass is 10.1. The smallest absolute Gasteiger partial charge is 0.300 e. The van der Waals surface area contributed by atoms with E-state index in [-0.39, 0.29) is 11.5 Å². The lowest BCUT2D eigenvalue weighted by Crippen LogP contribution is -2.34. The van der Waals surface area contributed by atoms with Gasteiger partial charge in [-0.2, -0.15) is 0 Å². The van der Waals surface area contributed by atoms with Crippen molar-refractivity contribution in [2.24, 2.45) is 0 Å². The Morgan fingerprint density at radius 3 is 2.45 bits per heavy atom. The number of benzene rings is 1. The molecule has 2 aromatic heterocycles. The third-order valence-corrected chi connectivity index (χ3v) is 6.05. The molecule has 1 aliphatic rings. The van der Waals surface area contributed by atoms with Crippen molar-refractivity contribution in [3.63, 3.8) is 0 Å². The number of carbonyl (C=O) groups excluding carboxylic acids is 1. The minimum Gasteiger partial charge on any atom is -0.353 e. The molecule has 0 bridgehead atoms. The molecule has 0 saturated heterocycles. The Morgan fingerprint density at radius 2 is 1.74 bits per heavy atom. The zero-order chi connectivity index (χ0) is 21.8. The van der Waals surface area contributed by atoms with E-state index in [4.69, 9.17) is 0 Å². The highest BCUT2D eigenvalue weighted by Gasteiger charge is 2.16. The molecule has 164 valence electrons. The second-order valence-corrected chi connectivity index (χ2v) is 8.74. The number of hydrogen-bond donors (Lipinski definition) is 1. The van der Waals surface area contributed by atoms with Crippen LogP contribution in [0.25, 0.3) is 11.3 Å². The molecule has 4 rings (SSSR count). The normalized spacial score (nSPS) is 15.2. The minimum absolute atomic E-state index is 0.109. The van der Waals surface area contributed by atoms with E-state index >= 15 is 0 Å². The number of carbonyl (C=O) groups is 1. The highest BCUT2D eigenvalue weighted by molar-refractivity contribution is 5.76. The van der Waals surface area contributed by atoms with Crippen molar-refractivity contribution in [3.8, 4) is 5.69 Å². The number of nitrogens with one attached hydrogen (secondary N) is 1. The summed E-state index contributed by atoms with van der Waals surface area (Å²) >= 11 is 0. The molecule has 1 aliphatic carbocycles. The van der Waals surface area contributed by atoms with Gasteiger partial charge in [0, 0.05) is 37.0 Å². The third kappa shape index (κ3) is 5.03. The fourth-order valence-corrected chi connectivity index (χ4v) is 4.53. The van der Waals surface area contributed by atoms with E-state index in [1.54, 1.807) is 15.2 Å². The van der Waals surface area contributed by atoms with E-state index in [9.17, 15) is 9.59 Å². The van der Waals surface area contributed by atoms with Crippen LogP contribution in [0.5, 0.6) is 0 Å². The summed E-state index contributed by atoms with van der Waals surface area (Å²) in [7, 11) is 0. The zero-order valence-corrected chi connectivity index (χ0v) is 18.4. The van der Waals surface area contributed by atoms with Gasteiger partial charge in [0.25, 0.3) is 0 Å². The maximum atomic E-state index is 13.0. The van der Waals surface area contributed by atoms with Crippen LogP contribution in [-0.4, -0.2) is 31.1 Å². The molecule has 7 heteroatoms. The van der Waals surface area contributed by atoms with Crippen LogP contribution in [0.2, 0.25) is 0 Å². The summed E-state index contributed by atoms with van der Waals surface area (Å²) in [6.45, 7) is 4.03. The van der Waals surface area contributed by atoms with Crippen LogP contribution in [0.1, 0.15) is 68.3 Å². The van der Waals surface area contributed by atoms with E-state index in [2.05, 4.69) is 21.6 Å². The van der Waals surface area contributed by atoms with Crippen molar-refractivity contribution in [2.75, 3.05) is 0 Å². The first kappa shape index (κ1) is 21.3. The topological polar surface area (TPSA) is 81.3 Å². The highest BCUT2D eigenvalue weighted by Crippen LogP contribution is 2.17. The van der Waals surface area contributed by atoms with Gasteiger partial charge in [0.2, 0.25) is 11.6 Å². The predicted octanol–water partition coefficient (Wildman–Crippen LogP) is 3.66. The molecular formula is C24H31N5O2. The average Bonchev–Trinajstić information content (AvgIpc) is 2.96. The molecule has 1 saturated carbocycles. The SMILES string of the molecule is Cc1cc(C)cc(-n2ccn3c(CCCC(=O)NC4CCCCCC4)nnc3c2=O)c1. The number of amides is 1. The van der Waals surface area contributed by atoms with Crippen LogP contribution in [0.15, 0.2) is 35.4 Å². The second-order valence-electron chi connectivity index (χ2n) is 8.74. The molecule has 1 fully saturated rings. The lowest BCUT2D eigenvalue weighted by molar-refractivity contribution is -0.122. The van der Waals surface area contributed by atoms with Crippen molar-refractivity contribution in [1.82, 2.24) is 24.5 Å². The summed E-state index contributed by atoms with van der Waals surface area (Å²) < 4.78 is 3.35. The largest absolute Gasteiger partial charge is 0.353 e. The third-order valence-electron chi connectivity index (χ3n) is 6.05. The van der Waals surface area contributed by atoms with Gasteiger partial charge in [0.05, 0.1) is 0 Å². The average molecular weight is 422 g/mol. The van der Waals surface area contributed by atoms with E-state index in [0.29, 0.717) is 36.8 Å². The van der Waals surface area contributed by atoms with Gasteiger partial charge in [-0.15, -0.1) is 10.2 Å². The minimum atomic E-state index is -0.197. The maximum absolute atomic E-state index is 13.0.